The van der Waals surface area contributed by atoms with E-state index in [9.17, 15) is 0 Å². The van der Waals surface area contributed by atoms with E-state index in [2.05, 4.69) is 68.7 Å². The van der Waals surface area contributed by atoms with Crippen LogP contribution in [0.4, 0.5) is 0 Å². The first-order valence-electron chi connectivity index (χ1n) is 8.10. The van der Waals surface area contributed by atoms with Crippen molar-refractivity contribution in [3.8, 4) is 0 Å². The van der Waals surface area contributed by atoms with Gasteiger partial charge in [0, 0.05) is 44.3 Å². The van der Waals surface area contributed by atoms with Crippen molar-refractivity contribution in [1.29, 1.82) is 0 Å². The molecule has 4 heteroatoms. The summed E-state index contributed by atoms with van der Waals surface area (Å²) in [7, 11) is 11.0. The molecule has 3 atom stereocenters. The summed E-state index contributed by atoms with van der Waals surface area (Å²) in [4.78, 5) is 9.61. The molecule has 2 heterocycles. The highest BCUT2D eigenvalue weighted by Crippen LogP contribution is 2.17. The molecule has 0 spiro atoms. The van der Waals surface area contributed by atoms with E-state index in [-0.39, 0.29) is 0 Å². The molecule has 0 amide bonds. The summed E-state index contributed by atoms with van der Waals surface area (Å²) in [5.41, 5.74) is 0. The van der Waals surface area contributed by atoms with Gasteiger partial charge in [-0.1, -0.05) is 6.92 Å². The zero-order chi connectivity index (χ0) is 15.3. The Balaban J connectivity index is 0.000000200. The summed E-state index contributed by atoms with van der Waals surface area (Å²) in [5.74, 6) is 0. The number of nitrogens with zero attached hydrogens (tertiary/aromatic N) is 4. The Hall–Kier alpha value is -0.160. The molecule has 2 rings (SSSR count). The second-order valence-electron chi connectivity index (χ2n) is 6.95. The molecule has 0 aromatic rings. The van der Waals surface area contributed by atoms with Crippen LogP contribution in [0.25, 0.3) is 0 Å². The lowest BCUT2D eigenvalue weighted by molar-refractivity contribution is 0.112. The first-order chi connectivity index (χ1) is 9.35. The minimum Gasteiger partial charge on any atom is -0.305 e. The van der Waals surface area contributed by atoms with Crippen LogP contribution in [0.1, 0.15) is 26.7 Å². The first kappa shape index (κ1) is 17.9. The van der Waals surface area contributed by atoms with Crippen molar-refractivity contribution in [2.24, 2.45) is 0 Å². The number of hydrogen-bond donors (Lipinski definition) is 0. The minimum atomic E-state index is 0.771. The van der Waals surface area contributed by atoms with Gasteiger partial charge in [0.1, 0.15) is 0 Å². The second-order valence-corrected chi connectivity index (χ2v) is 6.95. The van der Waals surface area contributed by atoms with Crippen molar-refractivity contribution in [2.45, 2.75) is 44.8 Å². The Bertz CT molecular complexity index is 259. The van der Waals surface area contributed by atoms with Gasteiger partial charge in [0.2, 0.25) is 0 Å². The van der Waals surface area contributed by atoms with Crippen LogP contribution >= 0.6 is 0 Å². The maximum Gasteiger partial charge on any atom is 0.0231 e. The van der Waals surface area contributed by atoms with Gasteiger partial charge >= 0.3 is 0 Å². The van der Waals surface area contributed by atoms with Gasteiger partial charge in [0.15, 0.2) is 0 Å². The van der Waals surface area contributed by atoms with Crippen molar-refractivity contribution in [3.63, 3.8) is 0 Å². The number of likely N-dealkylation sites (tertiary alicyclic amines) is 1. The Labute approximate surface area is 126 Å². The Morgan fingerprint density at radius 3 is 2.00 bits per heavy atom. The zero-order valence-electron chi connectivity index (χ0n) is 14.8. The van der Waals surface area contributed by atoms with Crippen LogP contribution in [-0.4, -0.2) is 99.1 Å². The van der Waals surface area contributed by atoms with E-state index in [0.717, 1.165) is 18.1 Å². The van der Waals surface area contributed by atoms with Crippen LogP contribution in [-0.2, 0) is 0 Å². The van der Waals surface area contributed by atoms with E-state index in [0.29, 0.717) is 0 Å². The first-order valence-corrected chi connectivity index (χ1v) is 8.10. The third kappa shape index (κ3) is 5.32. The Morgan fingerprint density at radius 2 is 1.65 bits per heavy atom. The molecule has 2 aliphatic heterocycles. The van der Waals surface area contributed by atoms with Gasteiger partial charge in [0.05, 0.1) is 0 Å². The van der Waals surface area contributed by atoms with Gasteiger partial charge < -0.3 is 19.6 Å². The zero-order valence-corrected chi connectivity index (χ0v) is 14.8. The molecular weight excluding hydrogens is 248 g/mol. The molecule has 2 saturated heterocycles. The smallest absolute Gasteiger partial charge is 0.0231 e. The van der Waals surface area contributed by atoms with Crippen molar-refractivity contribution in [2.75, 3.05) is 61.4 Å². The third-order valence-electron chi connectivity index (χ3n) is 5.05. The SMILES string of the molecule is CC1CC(N(C)C)CN1C.CCC1CN(C)CCN1C. The summed E-state index contributed by atoms with van der Waals surface area (Å²) < 4.78 is 0. The van der Waals surface area contributed by atoms with Crippen LogP contribution in [0, 0.1) is 0 Å². The number of rotatable bonds is 2. The Morgan fingerprint density at radius 1 is 1.00 bits per heavy atom. The van der Waals surface area contributed by atoms with Crippen molar-refractivity contribution in [3.05, 3.63) is 0 Å². The molecule has 2 aliphatic rings. The van der Waals surface area contributed by atoms with Crippen LogP contribution < -0.4 is 0 Å². The van der Waals surface area contributed by atoms with E-state index in [1.165, 1.54) is 39.0 Å². The van der Waals surface area contributed by atoms with Crippen molar-refractivity contribution >= 4 is 0 Å². The highest BCUT2D eigenvalue weighted by atomic mass is 15.3. The van der Waals surface area contributed by atoms with E-state index >= 15 is 0 Å². The molecule has 0 radical (unpaired) electrons. The van der Waals surface area contributed by atoms with E-state index in [1.54, 1.807) is 0 Å². The molecule has 0 aromatic carbocycles. The summed E-state index contributed by atoms with van der Waals surface area (Å²) >= 11 is 0. The lowest BCUT2D eigenvalue weighted by atomic mass is 10.1. The average Bonchev–Trinajstić information content (AvgIpc) is 2.74. The predicted octanol–water partition coefficient (Wildman–Crippen LogP) is 1.28. The van der Waals surface area contributed by atoms with Gasteiger partial charge in [-0.3, -0.25) is 0 Å². The minimum absolute atomic E-state index is 0.771. The summed E-state index contributed by atoms with van der Waals surface area (Å²) in [5, 5.41) is 0. The van der Waals surface area contributed by atoms with Crippen LogP contribution in [0.3, 0.4) is 0 Å². The highest BCUT2D eigenvalue weighted by molar-refractivity contribution is 4.84. The van der Waals surface area contributed by atoms with Crippen LogP contribution in [0.5, 0.6) is 0 Å². The van der Waals surface area contributed by atoms with Crippen LogP contribution in [0.2, 0.25) is 0 Å². The fourth-order valence-corrected chi connectivity index (χ4v) is 3.08. The molecule has 0 saturated carbocycles. The van der Waals surface area contributed by atoms with E-state index in [4.69, 9.17) is 0 Å². The van der Waals surface area contributed by atoms with Gasteiger partial charge in [-0.2, -0.15) is 0 Å². The molecular formula is C16H36N4. The normalized spacial score (nSPS) is 33.3. The van der Waals surface area contributed by atoms with Crippen LogP contribution in [0.15, 0.2) is 0 Å². The number of hydrogen-bond acceptors (Lipinski definition) is 4. The predicted molar refractivity (Wildman–Crippen MR) is 88.4 cm³/mol. The van der Waals surface area contributed by atoms with E-state index in [1.807, 2.05) is 0 Å². The molecule has 20 heavy (non-hydrogen) atoms. The maximum atomic E-state index is 2.46. The molecule has 0 aromatic heterocycles. The van der Waals surface area contributed by atoms with Crippen molar-refractivity contribution < 1.29 is 0 Å². The van der Waals surface area contributed by atoms with Gasteiger partial charge in [-0.25, -0.2) is 0 Å². The third-order valence-corrected chi connectivity index (χ3v) is 5.05. The maximum absolute atomic E-state index is 2.46. The molecule has 0 aliphatic carbocycles. The molecule has 120 valence electrons. The lowest BCUT2D eigenvalue weighted by Gasteiger charge is -2.37. The fourth-order valence-electron chi connectivity index (χ4n) is 3.08. The van der Waals surface area contributed by atoms with Gasteiger partial charge in [-0.15, -0.1) is 0 Å². The monoisotopic (exact) mass is 284 g/mol. The largest absolute Gasteiger partial charge is 0.305 e. The fraction of sp³-hybridized carbons (Fsp3) is 1.00. The van der Waals surface area contributed by atoms with Gasteiger partial charge in [-0.05, 0) is 55.0 Å². The average molecular weight is 284 g/mol. The second kappa shape index (κ2) is 8.32. The Kier molecular flexibility index (Phi) is 7.45. The highest BCUT2D eigenvalue weighted by Gasteiger charge is 2.26. The summed E-state index contributed by atoms with van der Waals surface area (Å²) in [6.45, 7) is 9.49. The summed E-state index contributed by atoms with van der Waals surface area (Å²) in [6.07, 6.45) is 2.60. The van der Waals surface area contributed by atoms with E-state index < -0.39 is 0 Å². The molecule has 2 fully saturated rings. The van der Waals surface area contributed by atoms with Gasteiger partial charge in [0.25, 0.3) is 0 Å². The standard InChI is InChI=1S/2C8H18N2/c1-7-5-8(9(2)3)6-10(7)4;1-4-8-7-9(2)5-6-10(8)3/h7-8H,5-6H2,1-4H3;8H,4-7H2,1-3H3. The molecule has 0 bridgehead atoms. The molecule has 3 unspecified atom stereocenters. The molecule has 4 nitrogen and oxygen atoms in total. The summed E-state index contributed by atoms with van der Waals surface area (Å²) in [6, 6.07) is 2.34. The van der Waals surface area contributed by atoms with Crippen molar-refractivity contribution in [1.82, 2.24) is 19.6 Å². The quantitative estimate of drug-likeness (QED) is 0.757. The lowest BCUT2D eigenvalue weighted by Crippen LogP contribution is -2.49. The number of likely N-dealkylation sites (N-methyl/N-ethyl adjacent to an activating group) is 4. The topological polar surface area (TPSA) is 13.0 Å². The molecule has 0 N–H and O–H groups in total. The number of piperazine rings is 1.